The highest BCUT2D eigenvalue weighted by molar-refractivity contribution is 5.67. The van der Waals surface area contributed by atoms with Gasteiger partial charge in [0.25, 0.3) is 0 Å². The minimum absolute atomic E-state index is 0.00556. The zero-order valence-corrected chi connectivity index (χ0v) is 8.26. The van der Waals surface area contributed by atoms with Crippen LogP contribution in [0, 0.1) is 11.3 Å². The van der Waals surface area contributed by atoms with Crippen molar-refractivity contribution < 1.29 is 14.6 Å². The third-order valence-electron chi connectivity index (χ3n) is 2.01. The summed E-state index contributed by atoms with van der Waals surface area (Å²) in [4.78, 5) is 10.5. The first kappa shape index (κ1) is 11.4. The summed E-state index contributed by atoms with van der Waals surface area (Å²) in [6.45, 7) is 6.59. The Morgan fingerprint density at radius 3 is 2.25 bits per heavy atom. The Morgan fingerprint density at radius 2 is 2.00 bits per heavy atom. The van der Waals surface area contributed by atoms with E-state index in [1.807, 2.05) is 20.8 Å². The second-order valence-electron chi connectivity index (χ2n) is 4.12. The van der Waals surface area contributed by atoms with Crippen molar-refractivity contribution in [2.45, 2.75) is 27.2 Å². The summed E-state index contributed by atoms with van der Waals surface area (Å²) in [6, 6.07) is 0. The fourth-order valence-electron chi connectivity index (χ4n) is 1.03. The largest absolute Gasteiger partial charge is 0.481 e. The van der Waals surface area contributed by atoms with Crippen molar-refractivity contribution in [1.82, 2.24) is 0 Å². The number of carboxylic acids is 1. The number of hydrogen-bond acceptors (Lipinski definition) is 2. The molecule has 0 heterocycles. The molecule has 1 N–H and O–H groups in total. The standard InChI is InChI=1S/C9H18O3/c1-9(2,3)7(6-12-4)5-8(10)11/h7H,5-6H2,1-4H3,(H,10,11). The number of methoxy groups -OCH3 is 1. The number of ether oxygens (including phenoxy) is 1. The Kier molecular flexibility index (Phi) is 4.24. The Balaban J connectivity index is 4.13. The van der Waals surface area contributed by atoms with Crippen molar-refractivity contribution in [1.29, 1.82) is 0 Å². The molecule has 0 aliphatic rings. The summed E-state index contributed by atoms with van der Waals surface area (Å²) in [6.07, 6.45) is 0.178. The summed E-state index contributed by atoms with van der Waals surface area (Å²) < 4.78 is 4.97. The molecule has 0 rings (SSSR count). The molecule has 1 unspecified atom stereocenters. The molecular formula is C9H18O3. The molecule has 3 nitrogen and oxygen atoms in total. The molecule has 0 aromatic heterocycles. The molecule has 0 aliphatic carbocycles. The minimum atomic E-state index is -0.757. The summed E-state index contributed by atoms with van der Waals surface area (Å²) in [7, 11) is 1.60. The Hall–Kier alpha value is -0.570. The zero-order chi connectivity index (χ0) is 9.78. The van der Waals surface area contributed by atoms with E-state index in [4.69, 9.17) is 9.84 Å². The van der Waals surface area contributed by atoms with Crippen LogP contribution in [-0.2, 0) is 9.53 Å². The van der Waals surface area contributed by atoms with Gasteiger partial charge in [-0.05, 0) is 11.3 Å². The highest BCUT2D eigenvalue weighted by atomic mass is 16.5. The fourth-order valence-corrected chi connectivity index (χ4v) is 1.03. The number of carboxylic acid groups (broad SMARTS) is 1. The van der Waals surface area contributed by atoms with Gasteiger partial charge in [-0.2, -0.15) is 0 Å². The molecule has 0 saturated carbocycles. The van der Waals surface area contributed by atoms with E-state index in [1.54, 1.807) is 7.11 Å². The molecule has 0 spiro atoms. The van der Waals surface area contributed by atoms with Crippen LogP contribution < -0.4 is 0 Å². The molecule has 0 amide bonds. The molecule has 0 aliphatic heterocycles. The maximum atomic E-state index is 10.5. The molecule has 3 heteroatoms. The lowest BCUT2D eigenvalue weighted by atomic mass is 9.79. The maximum absolute atomic E-state index is 10.5. The van der Waals surface area contributed by atoms with Crippen LogP contribution in [0.25, 0.3) is 0 Å². The predicted molar refractivity (Wildman–Crippen MR) is 47.1 cm³/mol. The second-order valence-corrected chi connectivity index (χ2v) is 4.12. The van der Waals surface area contributed by atoms with Gasteiger partial charge >= 0.3 is 5.97 Å². The van der Waals surface area contributed by atoms with E-state index in [9.17, 15) is 4.79 Å². The van der Waals surface area contributed by atoms with Crippen molar-refractivity contribution in [2.24, 2.45) is 11.3 Å². The van der Waals surface area contributed by atoms with Crippen molar-refractivity contribution in [2.75, 3.05) is 13.7 Å². The summed E-state index contributed by atoms with van der Waals surface area (Å²) >= 11 is 0. The first-order valence-electron chi connectivity index (χ1n) is 4.08. The van der Waals surface area contributed by atoms with E-state index in [-0.39, 0.29) is 17.8 Å². The smallest absolute Gasteiger partial charge is 0.303 e. The van der Waals surface area contributed by atoms with Gasteiger partial charge in [0, 0.05) is 7.11 Å². The molecule has 0 fully saturated rings. The molecule has 0 aromatic carbocycles. The van der Waals surface area contributed by atoms with Crippen LogP contribution in [0.2, 0.25) is 0 Å². The van der Waals surface area contributed by atoms with Crippen LogP contribution in [0.5, 0.6) is 0 Å². The predicted octanol–water partition coefficient (Wildman–Crippen LogP) is 1.77. The molecule has 12 heavy (non-hydrogen) atoms. The summed E-state index contributed by atoms with van der Waals surface area (Å²) in [5.74, 6) is -0.674. The van der Waals surface area contributed by atoms with Crippen LogP contribution in [-0.4, -0.2) is 24.8 Å². The summed E-state index contributed by atoms with van der Waals surface area (Å²) in [5.41, 5.74) is -0.00556. The average molecular weight is 174 g/mol. The number of aliphatic carboxylic acids is 1. The third-order valence-corrected chi connectivity index (χ3v) is 2.01. The van der Waals surface area contributed by atoms with Crippen molar-refractivity contribution in [3.05, 3.63) is 0 Å². The zero-order valence-electron chi connectivity index (χ0n) is 8.26. The van der Waals surface area contributed by atoms with Gasteiger partial charge in [-0.3, -0.25) is 4.79 Å². The first-order chi connectivity index (χ1) is 5.38. The van der Waals surface area contributed by atoms with Crippen molar-refractivity contribution in [3.63, 3.8) is 0 Å². The van der Waals surface area contributed by atoms with Gasteiger partial charge in [-0.15, -0.1) is 0 Å². The van der Waals surface area contributed by atoms with Crippen LogP contribution in [0.15, 0.2) is 0 Å². The number of rotatable bonds is 4. The normalized spacial score (nSPS) is 14.3. The van der Waals surface area contributed by atoms with Crippen molar-refractivity contribution >= 4 is 5.97 Å². The topological polar surface area (TPSA) is 46.5 Å². The molecule has 0 radical (unpaired) electrons. The van der Waals surface area contributed by atoms with Gasteiger partial charge in [-0.1, -0.05) is 20.8 Å². The van der Waals surface area contributed by atoms with Gasteiger partial charge in [-0.25, -0.2) is 0 Å². The van der Waals surface area contributed by atoms with Crippen molar-refractivity contribution in [3.8, 4) is 0 Å². The lowest BCUT2D eigenvalue weighted by Crippen LogP contribution is -2.27. The van der Waals surface area contributed by atoms with E-state index in [0.717, 1.165) is 0 Å². The molecule has 72 valence electrons. The number of carbonyl (C=O) groups is 1. The Morgan fingerprint density at radius 1 is 1.50 bits per heavy atom. The highest BCUT2D eigenvalue weighted by Gasteiger charge is 2.26. The van der Waals surface area contributed by atoms with Gasteiger partial charge in [0.1, 0.15) is 0 Å². The molecule has 0 aromatic rings. The van der Waals surface area contributed by atoms with Gasteiger partial charge in [0.15, 0.2) is 0 Å². The van der Waals surface area contributed by atoms with E-state index in [1.165, 1.54) is 0 Å². The monoisotopic (exact) mass is 174 g/mol. The molecule has 1 atom stereocenters. The summed E-state index contributed by atoms with van der Waals surface area (Å²) in [5, 5.41) is 8.62. The molecular weight excluding hydrogens is 156 g/mol. The Bertz CT molecular complexity index is 146. The highest BCUT2D eigenvalue weighted by Crippen LogP contribution is 2.28. The molecule has 0 bridgehead atoms. The van der Waals surface area contributed by atoms with Crippen LogP contribution >= 0.6 is 0 Å². The SMILES string of the molecule is COCC(CC(=O)O)C(C)(C)C. The second kappa shape index (κ2) is 4.45. The van der Waals surface area contributed by atoms with Gasteiger partial charge in [0.05, 0.1) is 13.0 Å². The van der Waals surface area contributed by atoms with E-state index < -0.39 is 5.97 Å². The van der Waals surface area contributed by atoms with Crippen LogP contribution in [0.4, 0.5) is 0 Å². The first-order valence-corrected chi connectivity index (χ1v) is 4.08. The van der Waals surface area contributed by atoms with Gasteiger partial charge in [0.2, 0.25) is 0 Å². The lowest BCUT2D eigenvalue weighted by Gasteiger charge is -2.28. The Labute approximate surface area is 73.7 Å². The maximum Gasteiger partial charge on any atom is 0.303 e. The third kappa shape index (κ3) is 4.34. The van der Waals surface area contributed by atoms with E-state index >= 15 is 0 Å². The van der Waals surface area contributed by atoms with Crippen LogP contribution in [0.1, 0.15) is 27.2 Å². The quantitative estimate of drug-likeness (QED) is 0.706. The average Bonchev–Trinajstić information content (AvgIpc) is 1.83. The fraction of sp³-hybridized carbons (Fsp3) is 0.889. The molecule has 0 saturated heterocycles. The van der Waals surface area contributed by atoms with Crippen LogP contribution in [0.3, 0.4) is 0 Å². The van der Waals surface area contributed by atoms with E-state index in [2.05, 4.69) is 0 Å². The number of hydrogen-bond donors (Lipinski definition) is 1. The minimum Gasteiger partial charge on any atom is -0.481 e. The van der Waals surface area contributed by atoms with E-state index in [0.29, 0.717) is 6.61 Å². The lowest BCUT2D eigenvalue weighted by molar-refractivity contribution is -0.139. The van der Waals surface area contributed by atoms with Gasteiger partial charge < -0.3 is 9.84 Å².